The maximum absolute atomic E-state index is 3.40. The first kappa shape index (κ1) is 8.78. The van der Waals surface area contributed by atoms with E-state index in [4.69, 9.17) is 0 Å². The number of H-pyrrole nitrogens is 1. The van der Waals surface area contributed by atoms with Crippen molar-refractivity contribution in [1.29, 1.82) is 0 Å². The van der Waals surface area contributed by atoms with Gasteiger partial charge >= 0.3 is 0 Å². The Bertz CT molecular complexity index is 532. The number of rotatable bonds is 0. The van der Waals surface area contributed by atoms with Crippen LogP contribution in [0.2, 0.25) is 0 Å². The van der Waals surface area contributed by atoms with Crippen molar-refractivity contribution in [2.45, 2.75) is 26.2 Å². The molecule has 0 aliphatic heterocycles. The van der Waals surface area contributed by atoms with Crippen LogP contribution in [0.15, 0.2) is 30.5 Å². The lowest BCUT2D eigenvalue weighted by Gasteiger charge is -2.21. The smallest absolute Gasteiger partial charge is 0.0501 e. The van der Waals surface area contributed by atoms with Gasteiger partial charge in [-0.15, -0.1) is 0 Å². The Labute approximate surface area is 90.2 Å². The molecule has 76 valence electrons. The van der Waals surface area contributed by atoms with Crippen LogP contribution in [0.4, 0.5) is 0 Å². The monoisotopic (exact) mass is 197 g/mol. The molecule has 0 spiro atoms. The van der Waals surface area contributed by atoms with E-state index in [2.05, 4.69) is 56.2 Å². The molecule has 1 nitrogen and oxygen atoms in total. The second-order valence-corrected chi connectivity index (χ2v) is 4.89. The third-order valence-electron chi connectivity index (χ3n) is 3.57. The highest BCUT2D eigenvalue weighted by atomic mass is 14.7. The Morgan fingerprint density at radius 3 is 2.67 bits per heavy atom. The van der Waals surface area contributed by atoms with Crippen LogP contribution < -0.4 is 0 Å². The lowest BCUT2D eigenvalue weighted by Crippen LogP contribution is -2.15. The predicted octanol–water partition coefficient (Wildman–Crippen LogP) is 3.63. The molecule has 1 aromatic carbocycles. The number of fused-ring (bicyclic) bond motifs is 3. The van der Waals surface area contributed by atoms with Crippen molar-refractivity contribution in [3.63, 3.8) is 0 Å². The number of aromatic nitrogens is 1. The minimum Gasteiger partial charge on any atom is -0.361 e. The fourth-order valence-electron chi connectivity index (χ4n) is 2.92. The van der Waals surface area contributed by atoms with Crippen molar-refractivity contribution in [2.75, 3.05) is 0 Å². The van der Waals surface area contributed by atoms with Gasteiger partial charge in [0, 0.05) is 17.2 Å². The molecule has 0 fully saturated rings. The number of nitrogens with one attached hydrogen (secondary N) is 1. The molecule has 0 saturated heterocycles. The van der Waals surface area contributed by atoms with Gasteiger partial charge in [0.05, 0.1) is 5.69 Å². The van der Waals surface area contributed by atoms with Crippen LogP contribution in [0, 0.1) is 6.92 Å². The molecular weight excluding hydrogens is 182 g/mol. The van der Waals surface area contributed by atoms with E-state index in [0.29, 0.717) is 0 Å². The first-order chi connectivity index (χ1) is 7.12. The van der Waals surface area contributed by atoms with Gasteiger partial charge in [-0.05, 0) is 23.6 Å². The topological polar surface area (TPSA) is 15.8 Å². The first-order valence-corrected chi connectivity index (χ1v) is 5.40. The maximum atomic E-state index is 3.40. The van der Waals surface area contributed by atoms with Crippen molar-refractivity contribution in [2.24, 2.45) is 0 Å². The lowest BCUT2D eigenvalue weighted by atomic mass is 9.81. The highest BCUT2D eigenvalue weighted by Crippen LogP contribution is 2.49. The van der Waals surface area contributed by atoms with E-state index in [9.17, 15) is 0 Å². The van der Waals surface area contributed by atoms with Crippen molar-refractivity contribution in [1.82, 2.24) is 4.98 Å². The number of hydrogen-bond donors (Lipinski definition) is 1. The highest BCUT2D eigenvalue weighted by Gasteiger charge is 2.37. The van der Waals surface area contributed by atoms with Crippen LogP contribution in [0.5, 0.6) is 0 Å². The quantitative estimate of drug-likeness (QED) is 0.663. The minimum atomic E-state index is 0.149. The van der Waals surface area contributed by atoms with Crippen LogP contribution in [0.25, 0.3) is 11.3 Å². The van der Waals surface area contributed by atoms with E-state index < -0.39 is 0 Å². The summed E-state index contributed by atoms with van der Waals surface area (Å²) < 4.78 is 0. The predicted molar refractivity (Wildman–Crippen MR) is 63.1 cm³/mol. The molecule has 0 bridgehead atoms. The van der Waals surface area contributed by atoms with Gasteiger partial charge in [0.25, 0.3) is 0 Å². The molecule has 0 amide bonds. The van der Waals surface area contributed by atoms with Gasteiger partial charge in [0.1, 0.15) is 0 Å². The van der Waals surface area contributed by atoms with Crippen LogP contribution in [-0.2, 0) is 5.41 Å². The van der Waals surface area contributed by atoms with Crippen LogP contribution in [0.1, 0.15) is 30.5 Å². The number of aromatic amines is 1. The summed E-state index contributed by atoms with van der Waals surface area (Å²) in [6, 6.07) is 8.68. The summed E-state index contributed by atoms with van der Waals surface area (Å²) in [6.07, 6.45) is 2.11. The summed E-state index contributed by atoms with van der Waals surface area (Å²) in [5.74, 6) is 0. The third kappa shape index (κ3) is 0.930. The second kappa shape index (κ2) is 2.54. The normalized spacial score (nSPS) is 16.2. The van der Waals surface area contributed by atoms with E-state index in [1.807, 2.05) is 0 Å². The van der Waals surface area contributed by atoms with E-state index >= 15 is 0 Å². The van der Waals surface area contributed by atoms with Crippen LogP contribution in [0.3, 0.4) is 0 Å². The van der Waals surface area contributed by atoms with Gasteiger partial charge in [-0.2, -0.15) is 0 Å². The Balaban J connectivity index is 2.43. The molecule has 0 atom stereocenters. The second-order valence-electron chi connectivity index (χ2n) is 4.89. The van der Waals surface area contributed by atoms with Gasteiger partial charge in [0.15, 0.2) is 0 Å². The Hall–Kier alpha value is -1.50. The summed E-state index contributed by atoms with van der Waals surface area (Å²) in [7, 11) is 0. The Morgan fingerprint density at radius 1 is 1.13 bits per heavy atom. The summed E-state index contributed by atoms with van der Waals surface area (Å²) in [4.78, 5) is 3.40. The summed E-state index contributed by atoms with van der Waals surface area (Å²) in [5, 5.41) is 0. The van der Waals surface area contributed by atoms with Gasteiger partial charge in [0.2, 0.25) is 0 Å². The average Bonchev–Trinajstić information content (AvgIpc) is 2.69. The highest BCUT2D eigenvalue weighted by molar-refractivity contribution is 5.79. The van der Waals surface area contributed by atoms with Crippen molar-refractivity contribution in [3.8, 4) is 11.3 Å². The fraction of sp³-hybridized carbons (Fsp3) is 0.286. The molecule has 1 aliphatic rings. The summed E-state index contributed by atoms with van der Waals surface area (Å²) in [5.41, 5.74) is 7.10. The van der Waals surface area contributed by atoms with E-state index in [-0.39, 0.29) is 5.41 Å². The molecule has 1 N–H and O–H groups in total. The molecule has 3 rings (SSSR count). The minimum absolute atomic E-state index is 0.149. The molecule has 2 aromatic rings. The van der Waals surface area contributed by atoms with Crippen molar-refractivity contribution < 1.29 is 0 Å². The molecule has 1 heteroatoms. The van der Waals surface area contributed by atoms with Crippen molar-refractivity contribution >= 4 is 0 Å². The fourth-order valence-corrected chi connectivity index (χ4v) is 2.92. The molecule has 15 heavy (non-hydrogen) atoms. The molecule has 1 heterocycles. The largest absolute Gasteiger partial charge is 0.361 e. The summed E-state index contributed by atoms with van der Waals surface area (Å²) >= 11 is 0. The lowest BCUT2D eigenvalue weighted by molar-refractivity contribution is 0.657. The first-order valence-electron chi connectivity index (χ1n) is 5.40. The third-order valence-corrected chi connectivity index (χ3v) is 3.57. The van der Waals surface area contributed by atoms with Crippen LogP contribution >= 0.6 is 0 Å². The molecular formula is C14H15N. The van der Waals surface area contributed by atoms with Gasteiger partial charge in [-0.3, -0.25) is 0 Å². The van der Waals surface area contributed by atoms with Gasteiger partial charge in [-0.1, -0.05) is 38.1 Å². The molecule has 1 aromatic heterocycles. The van der Waals surface area contributed by atoms with E-state index in [1.54, 1.807) is 0 Å². The zero-order valence-corrected chi connectivity index (χ0v) is 9.39. The molecule has 1 aliphatic carbocycles. The number of hydrogen-bond acceptors (Lipinski definition) is 0. The maximum Gasteiger partial charge on any atom is 0.0501 e. The molecule has 0 unspecified atom stereocenters. The van der Waals surface area contributed by atoms with Crippen LogP contribution in [-0.4, -0.2) is 4.98 Å². The van der Waals surface area contributed by atoms with Gasteiger partial charge < -0.3 is 4.98 Å². The Morgan fingerprint density at radius 2 is 1.87 bits per heavy atom. The van der Waals surface area contributed by atoms with Gasteiger partial charge in [-0.25, -0.2) is 0 Å². The number of aryl methyl sites for hydroxylation is 1. The molecule has 0 saturated carbocycles. The van der Waals surface area contributed by atoms with Crippen molar-refractivity contribution in [3.05, 3.63) is 47.2 Å². The summed E-state index contributed by atoms with van der Waals surface area (Å²) in [6.45, 7) is 6.79. The van der Waals surface area contributed by atoms with E-state index in [0.717, 1.165) is 0 Å². The molecule has 0 radical (unpaired) electrons. The standard InChI is InChI=1S/C14H15N/c1-9-8-15-13-10-6-4-5-7-11(10)14(2,3)12(9)13/h4-8,15H,1-3H3. The Kier molecular flexibility index (Phi) is 1.49. The zero-order valence-electron chi connectivity index (χ0n) is 9.39. The van der Waals surface area contributed by atoms with E-state index in [1.165, 1.54) is 27.9 Å². The average molecular weight is 197 g/mol. The zero-order chi connectivity index (χ0) is 10.6. The SMILES string of the molecule is Cc1c[nH]c2c1C(C)(C)c1ccccc1-2. The number of benzene rings is 1.